The number of nitrogens with zero attached hydrogens (tertiary/aromatic N) is 3. The number of carbonyl (C=O) groups is 1. The third-order valence-corrected chi connectivity index (χ3v) is 7.99. The third-order valence-electron chi connectivity index (χ3n) is 7.03. The van der Waals surface area contributed by atoms with E-state index in [4.69, 9.17) is 9.47 Å². The average molecular weight is 551 g/mol. The number of fused-ring (bicyclic) bond motifs is 1. The van der Waals surface area contributed by atoms with Gasteiger partial charge in [-0.2, -0.15) is 0 Å². The van der Waals surface area contributed by atoms with E-state index in [0.717, 1.165) is 23.0 Å². The molecule has 2 aliphatic heterocycles. The molecule has 2 aromatic carbocycles. The number of halogens is 2. The maximum atomic E-state index is 14.2. The van der Waals surface area contributed by atoms with Crippen LogP contribution < -0.4 is 15.5 Å². The van der Waals surface area contributed by atoms with Crippen molar-refractivity contribution in [1.29, 1.82) is 0 Å². The summed E-state index contributed by atoms with van der Waals surface area (Å²) < 4.78 is 40.8. The molecule has 0 unspecified atom stereocenters. The zero-order chi connectivity index (χ0) is 27.0. The Balaban J connectivity index is 1.39. The molecular weight excluding hydrogens is 526 g/mol. The van der Waals surface area contributed by atoms with E-state index >= 15 is 0 Å². The van der Waals surface area contributed by atoms with Crippen molar-refractivity contribution in [1.82, 2.24) is 20.1 Å². The van der Waals surface area contributed by atoms with Crippen LogP contribution in [0.4, 0.5) is 8.78 Å². The first-order valence-electron chi connectivity index (χ1n) is 12.5. The van der Waals surface area contributed by atoms with E-state index < -0.39 is 22.6 Å². The van der Waals surface area contributed by atoms with Crippen molar-refractivity contribution in [3.63, 3.8) is 0 Å². The lowest BCUT2D eigenvalue weighted by Gasteiger charge is -2.42. The van der Waals surface area contributed by atoms with Gasteiger partial charge in [0.1, 0.15) is 23.2 Å². The van der Waals surface area contributed by atoms with E-state index in [1.54, 1.807) is 10.8 Å². The number of amides is 1. The Kier molecular flexibility index (Phi) is 6.69. The predicted octanol–water partition coefficient (Wildman–Crippen LogP) is 4.11. The van der Waals surface area contributed by atoms with Crippen LogP contribution >= 0.6 is 11.3 Å². The van der Waals surface area contributed by atoms with Crippen molar-refractivity contribution in [3.05, 3.63) is 98.4 Å². The topological polar surface area (TPSA) is 95.3 Å². The monoisotopic (exact) mass is 550 g/mol. The second-order valence-corrected chi connectivity index (χ2v) is 10.8. The number of rotatable bonds is 6. The molecule has 200 valence electrons. The zero-order valence-corrected chi connectivity index (χ0v) is 21.6. The molecule has 1 fully saturated rings. The van der Waals surface area contributed by atoms with Gasteiger partial charge < -0.3 is 19.4 Å². The molecule has 0 aliphatic carbocycles. The van der Waals surface area contributed by atoms with E-state index in [9.17, 15) is 18.4 Å². The fourth-order valence-electron chi connectivity index (χ4n) is 4.99. The minimum absolute atomic E-state index is 0.0582. The normalized spacial score (nSPS) is 16.1. The Morgan fingerprint density at radius 3 is 2.64 bits per heavy atom. The van der Waals surface area contributed by atoms with Gasteiger partial charge in [-0.3, -0.25) is 9.59 Å². The number of benzene rings is 2. The second kappa shape index (κ2) is 10.3. The Bertz CT molecular complexity index is 1600. The molecule has 8 nitrogen and oxygen atoms in total. The van der Waals surface area contributed by atoms with Gasteiger partial charge in [0.15, 0.2) is 16.5 Å². The first-order valence-corrected chi connectivity index (χ1v) is 13.3. The van der Waals surface area contributed by atoms with Crippen molar-refractivity contribution in [2.24, 2.45) is 0 Å². The van der Waals surface area contributed by atoms with Crippen LogP contribution in [0.15, 0.2) is 59.5 Å². The van der Waals surface area contributed by atoms with Crippen molar-refractivity contribution in [3.8, 4) is 16.3 Å². The summed E-state index contributed by atoms with van der Waals surface area (Å²) in [7, 11) is 0. The molecule has 0 bridgehead atoms. The number of pyridine rings is 1. The highest BCUT2D eigenvalue weighted by Crippen LogP contribution is 2.33. The van der Waals surface area contributed by atoms with E-state index in [-0.39, 0.29) is 41.5 Å². The number of aromatic nitrogens is 3. The van der Waals surface area contributed by atoms with Crippen LogP contribution in [-0.2, 0) is 24.3 Å². The number of hydrogen-bond acceptors (Lipinski definition) is 7. The van der Waals surface area contributed by atoms with Crippen LogP contribution in [0.2, 0.25) is 0 Å². The van der Waals surface area contributed by atoms with Gasteiger partial charge in [-0.25, -0.2) is 8.78 Å². The second-order valence-electron chi connectivity index (χ2n) is 9.71. The Labute approximate surface area is 226 Å². The largest absolute Gasteiger partial charge is 0.483 e. The van der Waals surface area contributed by atoms with Crippen LogP contribution in [0.25, 0.3) is 10.6 Å². The van der Waals surface area contributed by atoms with Crippen LogP contribution in [0.3, 0.4) is 0 Å². The van der Waals surface area contributed by atoms with E-state index in [1.807, 2.05) is 30.3 Å². The molecule has 1 N–H and O–H groups in total. The summed E-state index contributed by atoms with van der Waals surface area (Å²) in [6, 6.07) is 12.7. The molecule has 1 spiro atoms. The highest BCUT2D eigenvalue weighted by molar-refractivity contribution is 7.14. The van der Waals surface area contributed by atoms with Gasteiger partial charge in [-0.15, -0.1) is 10.2 Å². The first-order chi connectivity index (χ1) is 18.9. The summed E-state index contributed by atoms with van der Waals surface area (Å²) in [4.78, 5) is 27.1. The molecule has 2 aromatic heterocycles. The number of ether oxygens (including phenoxy) is 2. The first kappa shape index (κ1) is 25.3. The van der Waals surface area contributed by atoms with Gasteiger partial charge in [-0.05, 0) is 30.0 Å². The molecule has 39 heavy (non-hydrogen) atoms. The van der Waals surface area contributed by atoms with E-state index in [0.29, 0.717) is 42.6 Å². The lowest BCUT2D eigenvalue weighted by atomic mass is 9.87. The Hall–Kier alpha value is -3.96. The van der Waals surface area contributed by atoms with Gasteiger partial charge in [-0.1, -0.05) is 47.7 Å². The van der Waals surface area contributed by atoms with Gasteiger partial charge in [0.2, 0.25) is 5.43 Å². The van der Waals surface area contributed by atoms with Crippen molar-refractivity contribution in [2.75, 3.05) is 13.2 Å². The van der Waals surface area contributed by atoms with Gasteiger partial charge in [0.25, 0.3) is 5.91 Å². The van der Waals surface area contributed by atoms with Crippen LogP contribution in [0.5, 0.6) is 5.75 Å². The Morgan fingerprint density at radius 1 is 1.08 bits per heavy atom. The molecule has 4 heterocycles. The molecule has 0 radical (unpaired) electrons. The van der Waals surface area contributed by atoms with Gasteiger partial charge in [0, 0.05) is 38.4 Å². The van der Waals surface area contributed by atoms with Crippen molar-refractivity contribution < 1.29 is 23.0 Å². The smallest absolute Gasteiger partial charge is 0.272 e. The molecule has 4 aromatic rings. The highest BCUT2D eigenvalue weighted by atomic mass is 32.1. The SMILES string of the molecule is O=C1NC2(CCOCC2)Cn2cc(-c3nnc(Cc4ccc(F)cc4F)s3)c(=O)c(OCc3ccccc3)c21. The standard InChI is InChI=1S/C28H24F2N4O4S/c29-19-7-6-18(21(30)13-19)12-22-32-33-27(39-22)20-14-34-16-28(8-10-37-11-9-28)31-26(36)23(34)25(24(20)35)38-15-17-4-2-1-3-5-17/h1-7,13-14H,8-12,15-16H2,(H,31,36). The minimum atomic E-state index is -0.676. The fourth-order valence-corrected chi connectivity index (χ4v) is 5.86. The fraction of sp³-hybridized carbons (Fsp3) is 0.286. The number of nitrogens with one attached hydrogen (secondary N) is 1. The van der Waals surface area contributed by atoms with Gasteiger partial charge >= 0.3 is 0 Å². The molecule has 0 atom stereocenters. The maximum absolute atomic E-state index is 14.2. The maximum Gasteiger partial charge on any atom is 0.272 e. The third kappa shape index (κ3) is 5.07. The van der Waals surface area contributed by atoms with Crippen LogP contribution in [-0.4, -0.2) is 39.4 Å². The molecule has 6 rings (SSSR count). The lowest BCUT2D eigenvalue weighted by Crippen LogP contribution is -2.58. The minimum Gasteiger partial charge on any atom is -0.483 e. The molecular formula is C28H24F2N4O4S. The van der Waals surface area contributed by atoms with Crippen LogP contribution in [0, 0.1) is 11.6 Å². The predicted molar refractivity (Wildman–Crippen MR) is 140 cm³/mol. The zero-order valence-electron chi connectivity index (χ0n) is 20.8. The summed E-state index contributed by atoms with van der Waals surface area (Å²) in [5.74, 6) is -1.77. The Morgan fingerprint density at radius 2 is 1.87 bits per heavy atom. The lowest BCUT2D eigenvalue weighted by molar-refractivity contribution is 0.0239. The summed E-state index contributed by atoms with van der Waals surface area (Å²) in [5.41, 5.74) is 0.546. The molecule has 11 heteroatoms. The highest BCUT2D eigenvalue weighted by Gasteiger charge is 2.41. The van der Waals surface area contributed by atoms with Crippen LogP contribution in [0.1, 0.15) is 39.5 Å². The summed E-state index contributed by atoms with van der Waals surface area (Å²) in [5, 5.41) is 12.2. The summed E-state index contributed by atoms with van der Waals surface area (Å²) in [6.45, 7) is 1.60. The van der Waals surface area contributed by atoms with E-state index in [1.165, 1.54) is 12.1 Å². The molecule has 1 saturated heterocycles. The van der Waals surface area contributed by atoms with Gasteiger partial charge in [0.05, 0.1) is 11.1 Å². The van der Waals surface area contributed by atoms with Crippen molar-refractivity contribution in [2.45, 2.75) is 38.0 Å². The molecule has 1 amide bonds. The van der Waals surface area contributed by atoms with E-state index in [2.05, 4.69) is 15.5 Å². The molecule has 0 saturated carbocycles. The number of carbonyl (C=O) groups excluding carboxylic acids is 1. The quantitative estimate of drug-likeness (QED) is 0.388. The average Bonchev–Trinajstić information content (AvgIpc) is 3.39. The van der Waals surface area contributed by atoms with Crippen molar-refractivity contribution >= 4 is 17.2 Å². The summed E-state index contributed by atoms with van der Waals surface area (Å²) in [6.07, 6.45) is 3.02. The summed E-state index contributed by atoms with van der Waals surface area (Å²) >= 11 is 1.14. The number of hydrogen-bond donors (Lipinski definition) is 1. The molecule has 2 aliphatic rings.